The number of hydrogen-bond acceptors (Lipinski definition) is 5. The predicted molar refractivity (Wildman–Crippen MR) is 94.9 cm³/mol. The highest BCUT2D eigenvalue weighted by Gasteiger charge is 2.24. The van der Waals surface area contributed by atoms with E-state index in [2.05, 4.69) is 0 Å². The Balaban J connectivity index is 0.000000561. The van der Waals surface area contributed by atoms with Crippen LogP contribution in [0.5, 0.6) is 0 Å². The first-order valence-corrected chi connectivity index (χ1v) is 8.57. The average Bonchev–Trinajstić information content (AvgIpc) is 2.66. The highest BCUT2D eigenvalue weighted by molar-refractivity contribution is 5.89. The van der Waals surface area contributed by atoms with Crippen LogP contribution in [0, 0.1) is 0 Å². The summed E-state index contributed by atoms with van der Waals surface area (Å²) in [6.45, 7) is 7.40. The SMILES string of the molecule is CCC(O)(CC)CO.CCC(O)(CC)COC(=O)c1ccccc1. The second-order valence-corrected chi connectivity index (χ2v) is 5.96. The molecule has 5 nitrogen and oxygen atoms in total. The van der Waals surface area contributed by atoms with Crippen LogP contribution in [0.15, 0.2) is 30.3 Å². The summed E-state index contributed by atoms with van der Waals surface area (Å²) in [5, 5.41) is 27.7. The third kappa shape index (κ3) is 7.90. The quantitative estimate of drug-likeness (QED) is 0.633. The van der Waals surface area contributed by atoms with Crippen molar-refractivity contribution in [2.75, 3.05) is 13.2 Å². The lowest BCUT2D eigenvalue weighted by Crippen LogP contribution is -2.34. The first-order chi connectivity index (χ1) is 11.3. The van der Waals surface area contributed by atoms with Gasteiger partial charge in [0.1, 0.15) is 6.61 Å². The molecule has 0 saturated carbocycles. The Morgan fingerprint density at radius 1 is 0.917 bits per heavy atom. The highest BCUT2D eigenvalue weighted by atomic mass is 16.5. The molecule has 0 spiro atoms. The van der Waals surface area contributed by atoms with E-state index in [4.69, 9.17) is 9.84 Å². The molecule has 138 valence electrons. The van der Waals surface area contributed by atoms with E-state index in [0.717, 1.165) is 0 Å². The van der Waals surface area contributed by atoms with E-state index in [9.17, 15) is 15.0 Å². The molecule has 24 heavy (non-hydrogen) atoms. The molecular formula is C19H32O5. The lowest BCUT2D eigenvalue weighted by molar-refractivity contribution is -0.0365. The summed E-state index contributed by atoms with van der Waals surface area (Å²) in [6.07, 6.45) is 2.40. The number of ether oxygens (including phenoxy) is 1. The van der Waals surface area contributed by atoms with Gasteiger partial charge in [0, 0.05) is 0 Å². The molecule has 0 aliphatic carbocycles. The highest BCUT2D eigenvalue weighted by Crippen LogP contribution is 2.15. The van der Waals surface area contributed by atoms with Gasteiger partial charge in [-0.1, -0.05) is 45.9 Å². The molecule has 0 fully saturated rings. The summed E-state index contributed by atoms with van der Waals surface area (Å²) in [7, 11) is 0. The number of carbonyl (C=O) groups excluding carboxylic acids is 1. The maximum atomic E-state index is 11.6. The van der Waals surface area contributed by atoms with Crippen molar-refractivity contribution in [2.24, 2.45) is 0 Å². The molecule has 1 aromatic rings. The zero-order valence-electron chi connectivity index (χ0n) is 15.3. The van der Waals surface area contributed by atoms with Gasteiger partial charge in [0.25, 0.3) is 0 Å². The molecular weight excluding hydrogens is 308 g/mol. The van der Waals surface area contributed by atoms with Crippen molar-refractivity contribution in [2.45, 2.75) is 64.6 Å². The molecule has 1 aromatic carbocycles. The van der Waals surface area contributed by atoms with E-state index in [1.807, 2.05) is 33.8 Å². The fraction of sp³-hybridized carbons (Fsp3) is 0.632. The van der Waals surface area contributed by atoms with Crippen molar-refractivity contribution in [3.63, 3.8) is 0 Å². The van der Waals surface area contributed by atoms with Gasteiger partial charge < -0.3 is 20.1 Å². The van der Waals surface area contributed by atoms with Gasteiger partial charge in [0.05, 0.1) is 23.4 Å². The van der Waals surface area contributed by atoms with Gasteiger partial charge >= 0.3 is 5.97 Å². The molecule has 0 atom stereocenters. The maximum absolute atomic E-state index is 11.6. The maximum Gasteiger partial charge on any atom is 0.338 e. The molecule has 0 amide bonds. The molecule has 1 rings (SSSR count). The lowest BCUT2D eigenvalue weighted by Gasteiger charge is -2.24. The second-order valence-electron chi connectivity index (χ2n) is 5.96. The number of carbonyl (C=O) groups is 1. The van der Waals surface area contributed by atoms with E-state index < -0.39 is 11.2 Å². The molecule has 0 aliphatic rings. The van der Waals surface area contributed by atoms with Gasteiger partial charge in [-0.05, 0) is 37.8 Å². The number of esters is 1. The van der Waals surface area contributed by atoms with Gasteiger partial charge in [-0.15, -0.1) is 0 Å². The van der Waals surface area contributed by atoms with Crippen LogP contribution in [0.4, 0.5) is 0 Å². The Bertz CT molecular complexity index is 442. The summed E-state index contributed by atoms with van der Waals surface area (Å²) in [4.78, 5) is 11.6. The Labute approximate surface area is 145 Å². The van der Waals surface area contributed by atoms with Gasteiger partial charge in [-0.3, -0.25) is 0 Å². The standard InChI is InChI=1S/C13H18O3.C6H14O2/c1-3-13(15,4-2)10-16-12(14)11-8-6-5-7-9-11;1-3-6(8,4-2)5-7/h5-9,15H,3-4,10H2,1-2H3;7-8H,3-5H2,1-2H3. The van der Waals surface area contributed by atoms with Gasteiger partial charge in [-0.2, -0.15) is 0 Å². The van der Waals surface area contributed by atoms with Crippen molar-refractivity contribution in [1.29, 1.82) is 0 Å². The van der Waals surface area contributed by atoms with E-state index >= 15 is 0 Å². The molecule has 0 bridgehead atoms. The number of aliphatic hydroxyl groups is 3. The summed E-state index contributed by atoms with van der Waals surface area (Å²) >= 11 is 0. The molecule has 5 heteroatoms. The van der Waals surface area contributed by atoms with E-state index in [-0.39, 0.29) is 19.2 Å². The van der Waals surface area contributed by atoms with Crippen LogP contribution < -0.4 is 0 Å². The number of benzene rings is 1. The minimum Gasteiger partial charge on any atom is -0.459 e. The first-order valence-electron chi connectivity index (χ1n) is 8.57. The first kappa shape index (κ1) is 22.6. The zero-order valence-corrected chi connectivity index (χ0v) is 15.3. The number of aliphatic hydroxyl groups excluding tert-OH is 1. The van der Waals surface area contributed by atoms with E-state index in [1.54, 1.807) is 24.3 Å². The summed E-state index contributed by atoms with van der Waals surface area (Å²) < 4.78 is 5.09. The third-order valence-electron chi connectivity index (χ3n) is 4.41. The van der Waals surface area contributed by atoms with Crippen molar-refractivity contribution in [3.8, 4) is 0 Å². The minimum atomic E-state index is -0.898. The van der Waals surface area contributed by atoms with Crippen molar-refractivity contribution >= 4 is 5.97 Å². The van der Waals surface area contributed by atoms with Crippen LogP contribution in [0.3, 0.4) is 0 Å². The van der Waals surface area contributed by atoms with Crippen LogP contribution in [0.2, 0.25) is 0 Å². The van der Waals surface area contributed by atoms with Crippen molar-refractivity contribution in [1.82, 2.24) is 0 Å². The Morgan fingerprint density at radius 2 is 1.38 bits per heavy atom. The monoisotopic (exact) mass is 340 g/mol. The van der Waals surface area contributed by atoms with Crippen LogP contribution in [0.1, 0.15) is 63.7 Å². The lowest BCUT2D eigenvalue weighted by atomic mass is 9.99. The Hall–Kier alpha value is -1.43. The fourth-order valence-corrected chi connectivity index (χ4v) is 1.79. The van der Waals surface area contributed by atoms with Crippen molar-refractivity contribution in [3.05, 3.63) is 35.9 Å². The smallest absolute Gasteiger partial charge is 0.338 e. The van der Waals surface area contributed by atoms with Gasteiger partial charge in [0.2, 0.25) is 0 Å². The summed E-state index contributed by atoms with van der Waals surface area (Å²) in [6, 6.07) is 8.79. The topological polar surface area (TPSA) is 87.0 Å². The normalized spacial score (nSPS) is 11.5. The molecule has 0 aromatic heterocycles. The summed E-state index contributed by atoms with van der Waals surface area (Å²) in [5.74, 6) is -0.388. The van der Waals surface area contributed by atoms with E-state index in [1.165, 1.54) is 0 Å². The van der Waals surface area contributed by atoms with E-state index in [0.29, 0.717) is 31.2 Å². The second kappa shape index (κ2) is 11.2. The molecule has 0 heterocycles. The summed E-state index contributed by atoms with van der Waals surface area (Å²) in [5.41, 5.74) is -1.21. The average molecular weight is 340 g/mol. The Kier molecular flexibility index (Phi) is 10.5. The third-order valence-corrected chi connectivity index (χ3v) is 4.41. The number of hydrogen-bond donors (Lipinski definition) is 3. The molecule has 0 radical (unpaired) electrons. The van der Waals surface area contributed by atoms with Crippen LogP contribution >= 0.6 is 0 Å². The largest absolute Gasteiger partial charge is 0.459 e. The van der Waals surface area contributed by atoms with Gasteiger partial charge in [0.15, 0.2) is 0 Å². The fourth-order valence-electron chi connectivity index (χ4n) is 1.79. The van der Waals surface area contributed by atoms with Crippen LogP contribution in [-0.2, 0) is 4.74 Å². The zero-order chi connectivity index (χ0) is 18.6. The predicted octanol–water partition coefficient (Wildman–Crippen LogP) is 2.92. The number of rotatable bonds is 8. The molecule has 3 N–H and O–H groups in total. The van der Waals surface area contributed by atoms with Crippen LogP contribution in [0.25, 0.3) is 0 Å². The molecule has 0 saturated heterocycles. The molecule has 0 aliphatic heterocycles. The van der Waals surface area contributed by atoms with Crippen LogP contribution in [-0.4, -0.2) is 45.7 Å². The molecule has 0 unspecified atom stereocenters. The Morgan fingerprint density at radius 3 is 1.71 bits per heavy atom. The minimum absolute atomic E-state index is 0.0493. The van der Waals surface area contributed by atoms with Gasteiger partial charge in [-0.25, -0.2) is 4.79 Å². The van der Waals surface area contributed by atoms with Crippen molar-refractivity contribution < 1.29 is 24.9 Å².